The Bertz CT molecular complexity index is 334. The quantitative estimate of drug-likeness (QED) is 0.680. The van der Waals surface area contributed by atoms with Gasteiger partial charge in [0.15, 0.2) is 5.78 Å². The van der Waals surface area contributed by atoms with Gasteiger partial charge in [-0.2, -0.15) is 0 Å². The van der Waals surface area contributed by atoms with E-state index in [1.807, 2.05) is 19.0 Å². The monoisotopic (exact) mass is 197 g/mol. The van der Waals surface area contributed by atoms with Crippen molar-refractivity contribution < 1.29 is 4.79 Å². The molecule has 13 heavy (non-hydrogen) atoms. The summed E-state index contributed by atoms with van der Waals surface area (Å²) in [5, 5.41) is 0.662. The Balaban J connectivity index is 3.19. The zero-order valence-corrected chi connectivity index (χ0v) is 8.72. The van der Waals surface area contributed by atoms with Crippen LogP contribution in [0.5, 0.6) is 0 Å². The van der Waals surface area contributed by atoms with Crippen LogP contribution in [0.1, 0.15) is 17.3 Å². The van der Waals surface area contributed by atoms with Crippen molar-refractivity contribution in [2.24, 2.45) is 0 Å². The van der Waals surface area contributed by atoms with E-state index < -0.39 is 0 Å². The summed E-state index contributed by atoms with van der Waals surface area (Å²) < 4.78 is 0. The Kier molecular flexibility index (Phi) is 2.94. The number of anilines is 1. The second kappa shape index (κ2) is 3.79. The number of nitrogens with zero attached hydrogens (tertiary/aromatic N) is 1. The summed E-state index contributed by atoms with van der Waals surface area (Å²) in [5.41, 5.74) is 1.56. The zero-order chi connectivity index (χ0) is 10.0. The summed E-state index contributed by atoms with van der Waals surface area (Å²) in [6.45, 7) is 1.54. The Morgan fingerprint density at radius 3 is 2.46 bits per heavy atom. The zero-order valence-electron chi connectivity index (χ0n) is 7.97. The number of carbonyl (C=O) groups excluding carboxylic acids is 1. The van der Waals surface area contributed by atoms with Crippen molar-refractivity contribution in [2.75, 3.05) is 19.0 Å². The highest BCUT2D eigenvalue weighted by Crippen LogP contribution is 2.25. The minimum Gasteiger partial charge on any atom is -0.376 e. The van der Waals surface area contributed by atoms with E-state index in [1.54, 1.807) is 25.1 Å². The van der Waals surface area contributed by atoms with Crippen molar-refractivity contribution >= 4 is 23.1 Å². The molecule has 0 saturated heterocycles. The molecule has 0 N–H and O–H groups in total. The van der Waals surface area contributed by atoms with Gasteiger partial charge in [0.25, 0.3) is 0 Å². The number of hydrogen-bond donors (Lipinski definition) is 0. The predicted molar refractivity (Wildman–Crippen MR) is 55.8 cm³/mol. The third-order valence-corrected chi connectivity index (χ3v) is 2.15. The van der Waals surface area contributed by atoms with E-state index in [1.165, 1.54) is 0 Å². The molecule has 0 aliphatic rings. The minimum atomic E-state index is 0.0553. The van der Waals surface area contributed by atoms with Crippen LogP contribution in [-0.2, 0) is 0 Å². The highest BCUT2D eigenvalue weighted by atomic mass is 35.5. The van der Waals surface area contributed by atoms with Crippen LogP contribution in [0, 0.1) is 0 Å². The molecule has 0 heterocycles. The first-order chi connectivity index (χ1) is 6.02. The highest BCUT2D eigenvalue weighted by Gasteiger charge is 2.05. The van der Waals surface area contributed by atoms with Crippen LogP contribution >= 0.6 is 11.6 Å². The van der Waals surface area contributed by atoms with Gasteiger partial charge in [-0.25, -0.2) is 0 Å². The molecular formula is C10H12ClNO. The number of rotatable bonds is 2. The molecule has 0 spiro atoms. The van der Waals surface area contributed by atoms with E-state index in [-0.39, 0.29) is 5.78 Å². The number of ketones is 1. The lowest BCUT2D eigenvalue weighted by molar-refractivity contribution is 0.101. The first-order valence-electron chi connectivity index (χ1n) is 4.00. The van der Waals surface area contributed by atoms with E-state index in [2.05, 4.69) is 0 Å². The number of Topliss-reactive ketones (excluding diaryl/α,β-unsaturated/α-hetero) is 1. The topological polar surface area (TPSA) is 20.3 Å². The van der Waals surface area contributed by atoms with E-state index in [0.717, 1.165) is 5.69 Å². The van der Waals surface area contributed by atoms with Crippen LogP contribution in [0.25, 0.3) is 0 Å². The normalized spacial score (nSPS) is 9.85. The van der Waals surface area contributed by atoms with Crippen molar-refractivity contribution in [1.29, 1.82) is 0 Å². The molecule has 70 valence electrons. The van der Waals surface area contributed by atoms with E-state index >= 15 is 0 Å². The maximum Gasteiger partial charge on any atom is 0.159 e. The second-order valence-electron chi connectivity index (χ2n) is 3.12. The Morgan fingerprint density at radius 2 is 2.00 bits per heavy atom. The fourth-order valence-corrected chi connectivity index (χ4v) is 1.36. The van der Waals surface area contributed by atoms with Gasteiger partial charge < -0.3 is 4.90 Å². The lowest BCUT2D eigenvalue weighted by Crippen LogP contribution is -2.10. The molecule has 0 fully saturated rings. The van der Waals surface area contributed by atoms with Crippen LogP contribution in [-0.4, -0.2) is 19.9 Å². The molecule has 1 rings (SSSR count). The molecule has 0 amide bonds. The number of benzene rings is 1. The average Bonchev–Trinajstić information content (AvgIpc) is 2.04. The molecule has 2 nitrogen and oxygen atoms in total. The third kappa shape index (κ3) is 2.22. The van der Waals surface area contributed by atoms with Gasteiger partial charge >= 0.3 is 0 Å². The van der Waals surface area contributed by atoms with Crippen LogP contribution in [0.4, 0.5) is 5.69 Å². The first kappa shape index (κ1) is 10.1. The van der Waals surface area contributed by atoms with Crippen molar-refractivity contribution in [1.82, 2.24) is 0 Å². The minimum absolute atomic E-state index is 0.0553. The molecule has 3 heteroatoms. The van der Waals surface area contributed by atoms with Crippen molar-refractivity contribution in [3.63, 3.8) is 0 Å². The lowest BCUT2D eigenvalue weighted by atomic mass is 10.1. The summed E-state index contributed by atoms with van der Waals surface area (Å²) in [6.07, 6.45) is 0. The van der Waals surface area contributed by atoms with Crippen LogP contribution < -0.4 is 4.90 Å². The summed E-state index contributed by atoms with van der Waals surface area (Å²) in [5.74, 6) is 0.0553. The average molecular weight is 198 g/mol. The molecular weight excluding hydrogens is 186 g/mol. The van der Waals surface area contributed by atoms with Gasteiger partial charge in [-0.1, -0.05) is 11.6 Å². The predicted octanol–water partition coefficient (Wildman–Crippen LogP) is 2.61. The van der Waals surface area contributed by atoms with Crippen LogP contribution in [0.2, 0.25) is 5.02 Å². The summed E-state index contributed by atoms with van der Waals surface area (Å²) in [6, 6.07) is 5.27. The molecule has 1 aromatic rings. The molecule has 0 bridgehead atoms. The van der Waals surface area contributed by atoms with E-state index in [0.29, 0.717) is 10.6 Å². The fourth-order valence-electron chi connectivity index (χ4n) is 1.07. The molecule has 0 aliphatic heterocycles. The van der Waals surface area contributed by atoms with Gasteiger partial charge in [0, 0.05) is 19.7 Å². The van der Waals surface area contributed by atoms with Crippen LogP contribution in [0.15, 0.2) is 18.2 Å². The number of carbonyl (C=O) groups is 1. The number of halogens is 1. The highest BCUT2D eigenvalue weighted by molar-refractivity contribution is 6.33. The third-order valence-electron chi connectivity index (χ3n) is 1.83. The maximum atomic E-state index is 11.1. The lowest BCUT2D eigenvalue weighted by Gasteiger charge is -2.14. The standard InChI is InChI=1S/C10H12ClNO/c1-7(13)8-4-5-9(11)10(6-8)12(2)3/h4-6H,1-3H3. The second-order valence-corrected chi connectivity index (χ2v) is 3.52. The Labute approximate surface area is 83.1 Å². The first-order valence-corrected chi connectivity index (χ1v) is 4.38. The molecule has 1 aromatic carbocycles. The van der Waals surface area contributed by atoms with Crippen LogP contribution in [0.3, 0.4) is 0 Å². The molecule has 0 aliphatic carbocycles. The smallest absolute Gasteiger partial charge is 0.159 e. The maximum absolute atomic E-state index is 11.1. The molecule has 0 radical (unpaired) electrons. The Morgan fingerprint density at radius 1 is 1.38 bits per heavy atom. The Hall–Kier alpha value is -1.02. The molecule has 0 unspecified atom stereocenters. The molecule has 0 saturated carbocycles. The molecule has 0 atom stereocenters. The van der Waals surface area contributed by atoms with Gasteiger partial charge in [-0.05, 0) is 25.1 Å². The fraction of sp³-hybridized carbons (Fsp3) is 0.300. The van der Waals surface area contributed by atoms with Gasteiger partial charge in [0.1, 0.15) is 0 Å². The summed E-state index contributed by atoms with van der Waals surface area (Å²) in [4.78, 5) is 13.0. The van der Waals surface area contributed by atoms with Gasteiger partial charge in [0.2, 0.25) is 0 Å². The van der Waals surface area contributed by atoms with Crippen molar-refractivity contribution in [3.8, 4) is 0 Å². The van der Waals surface area contributed by atoms with Gasteiger partial charge in [-0.15, -0.1) is 0 Å². The van der Waals surface area contributed by atoms with Crippen molar-refractivity contribution in [2.45, 2.75) is 6.92 Å². The summed E-state index contributed by atoms with van der Waals surface area (Å²) >= 11 is 5.94. The van der Waals surface area contributed by atoms with Gasteiger partial charge in [-0.3, -0.25) is 4.79 Å². The SMILES string of the molecule is CC(=O)c1ccc(Cl)c(N(C)C)c1. The molecule has 0 aromatic heterocycles. The van der Waals surface area contributed by atoms with E-state index in [9.17, 15) is 4.79 Å². The van der Waals surface area contributed by atoms with Gasteiger partial charge in [0.05, 0.1) is 10.7 Å². The summed E-state index contributed by atoms with van der Waals surface area (Å²) in [7, 11) is 3.79. The van der Waals surface area contributed by atoms with E-state index in [4.69, 9.17) is 11.6 Å². The largest absolute Gasteiger partial charge is 0.376 e. The number of hydrogen-bond acceptors (Lipinski definition) is 2. The van der Waals surface area contributed by atoms with Crippen molar-refractivity contribution in [3.05, 3.63) is 28.8 Å².